The quantitative estimate of drug-likeness (QED) is 0.906. The summed E-state index contributed by atoms with van der Waals surface area (Å²) < 4.78 is 17.9. The number of carbonyl (C=O) groups excluding carboxylic acids is 1. The predicted molar refractivity (Wildman–Crippen MR) is 69.6 cm³/mol. The van der Waals surface area contributed by atoms with Gasteiger partial charge in [-0.15, -0.1) is 0 Å². The van der Waals surface area contributed by atoms with E-state index in [1.54, 1.807) is 18.2 Å². The molecule has 0 fully saturated rings. The molecule has 1 amide bonds. The summed E-state index contributed by atoms with van der Waals surface area (Å²) in [6.07, 6.45) is 5.70. The van der Waals surface area contributed by atoms with Crippen LogP contribution in [0.25, 0.3) is 0 Å². The molecular weight excluding hydrogens is 247 g/mol. The second-order valence-corrected chi connectivity index (χ2v) is 4.18. The molecule has 1 aromatic rings. The maximum absolute atomic E-state index is 12.8. The Morgan fingerprint density at radius 1 is 1.47 bits per heavy atom. The first-order valence-electron chi connectivity index (χ1n) is 6.02. The third-order valence-electron chi connectivity index (χ3n) is 2.87. The minimum Gasteiger partial charge on any atom is -0.494 e. The maximum Gasteiger partial charge on any atom is 0.273 e. The fourth-order valence-electron chi connectivity index (χ4n) is 1.81. The van der Waals surface area contributed by atoms with Crippen LogP contribution in [-0.2, 0) is 0 Å². The molecule has 19 heavy (non-hydrogen) atoms. The first kappa shape index (κ1) is 13.3. The Balaban J connectivity index is 1.98. The lowest BCUT2D eigenvalue weighted by molar-refractivity contribution is 0.0948. The number of methoxy groups -OCH3 is 1. The molecule has 0 atom stereocenters. The fourth-order valence-corrected chi connectivity index (χ4v) is 1.81. The van der Waals surface area contributed by atoms with Crippen molar-refractivity contribution in [3.63, 3.8) is 0 Å². The number of ether oxygens (including phenoxy) is 1. The normalized spacial score (nSPS) is 14.4. The monoisotopic (exact) mass is 262 g/mol. The van der Waals surface area contributed by atoms with E-state index in [0.29, 0.717) is 25.1 Å². The zero-order chi connectivity index (χ0) is 13.7. The van der Waals surface area contributed by atoms with E-state index >= 15 is 0 Å². The molecule has 0 aromatic carbocycles. The third-order valence-corrected chi connectivity index (χ3v) is 2.87. The Morgan fingerprint density at radius 2 is 2.32 bits per heavy atom. The molecule has 1 N–H and O–H groups in total. The summed E-state index contributed by atoms with van der Waals surface area (Å²) in [7, 11) is 1.49. The Kier molecular flexibility index (Phi) is 4.28. The number of carbonyl (C=O) groups is 1. The van der Waals surface area contributed by atoms with Crippen LogP contribution in [0, 0.1) is 0 Å². The topological polar surface area (TPSA) is 51.2 Å². The summed E-state index contributed by atoms with van der Waals surface area (Å²) in [6, 6.07) is 3.38. The van der Waals surface area contributed by atoms with Crippen molar-refractivity contribution in [3.05, 3.63) is 47.6 Å². The molecular formula is C14H15FN2O2. The van der Waals surface area contributed by atoms with Gasteiger partial charge < -0.3 is 10.1 Å². The van der Waals surface area contributed by atoms with Crippen LogP contribution in [0.2, 0.25) is 0 Å². The molecule has 0 aliphatic heterocycles. The Morgan fingerprint density at radius 3 is 3.00 bits per heavy atom. The van der Waals surface area contributed by atoms with Crippen molar-refractivity contribution in [1.82, 2.24) is 10.3 Å². The summed E-state index contributed by atoms with van der Waals surface area (Å²) in [5, 5.41) is 2.76. The largest absolute Gasteiger partial charge is 0.494 e. The lowest BCUT2D eigenvalue weighted by Gasteiger charge is -2.12. The molecule has 1 aromatic heterocycles. The molecule has 100 valence electrons. The third kappa shape index (κ3) is 3.40. The lowest BCUT2D eigenvalue weighted by Crippen LogP contribution is -2.27. The smallest absolute Gasteiger partial charge is 0.273 e. The van der Waals surface area contributed by atoms with Gasteiger partial charge in [0.1, 0.15) is 11.6 Å². The van der Waals surface area contributed by atoms with E-state index in [1.165, 1.54) is 19.4 Å². The van der Waals surface area contributed by atoms with Gasteiger partial charge in [-0.2, -0.15) is 0 Å². The van der Waals surface area contributed by atoms with E-state index in [-0.39, 0.29) is 17.4 Å². The van der Waals surface area contributed by atoms with Gasteiger partial charge in [-0.3, -0.25) is 4.79 Å². The average molecular weight is 262 g/mol. The highest BCUT2D eigenvalue weighted by atomic mass is 19.1. The predicted octanol–water partition coefficient (Wildman–Crippen LogP) is 2.39. The first-order valence-corrected chi connectivity index (χ1v) is 6.02. The van der Waals surface area contributed by atoms with E-state index < -0.39 is 0 Å². The van der Waals surface area contributed by atoms with E-state index in [9.17, 15) is 9.18 Å². The number of nitrogens with one attached hydrogen (secondary N) is 1. The zero-order valence-corrected chi connectivity index (χ0v) is 10.6. The summed E-state index contributed by atoms with van der Waals surface area (Å²) >= 11 is 0. The number of hydrogen-bond donors (Lipinski definition) is 1. The number of amides is 1. The number of pyridine rings is 1. The van der Waals surface area contributed by atoms with E-state index in [2.05, 4.69) is 10.3 Å². The van der Waals surface area contributed by atoms with Crippen LogP contribution in [0.15, 0.2) is 41.9 Å². The van der Waals surface area contributed by atoms with Gasteiger partial charge in [0.15, 0.2) is 5.69 Å². The number of halogens is 1. The van der Waals surface area contributed by atoms with Crippen molar-refractivity contribution in [3.8, 4) is 5.75 Å². The number of hydrogen-bond acceptors (Lipinski definition) is 3. The highest BCUT2D eigenvalue weighted by molar-refractivity contribution is 5.95. The van der Waals surface area contributed by atoms with E-state index in [1.807, 2.05) is 0 Å². The van der Waals surface area contributed by atoms with Crippen LogP contribution in [0.4, 0.5) is 4.39 Å². The van der Waals surface area contributed by atoms with Crippen molar-refractivity contribution in [2.75, 3.05) is 13.7 Å². The van der Waals surface area contributed by atoms with Gasteiger partial charge in [-0.05, 0) is 24.6 Å². The summed E-state index contributed by atoms with van der Waals surface area (Å²) in [4.78, 5) is 16.0. The van der Waals surface area contributed by atoms with Crippen molar-refractivity contribution in [2.24, 2.45) is 0 Å². The fraction of sp³-hybridized carbons (Fsp3) is 0.286. The highest BCUT2D eigenvalue weighted by Gasteiger charge is 2.14. The van der Waals surface area contributed by atoms with Crippen molar-refractivity contribution in [1.29, 1.82) is 0 Å². The average Bonchev–Trinajstić information content (AvgIpc) is 2.46. The number of allylic oxidation sites excluding steroid dienone is 3. The van der Waals surface area contributed by atoms with Gasteiger partial charge in [-0.25, -0.2) is 9.37 Å². The van der Waals surface area contributed by atoms with Gasteiger partial charge in [0.05, 0.1) is 7.11 Å². The second kappa shape index (κ2) is 6.13. The highest BCUT2D eigenvalue weighted by Crippen LogP contribution is 2.19. The van der Waals surface area contributed by atoms with Gasteiger partial charge in [0.2, 0.25) is 0 Å². The molecule has 1 aliphatic carbocycles. The molecule has 0 saturated heterocycles. The molecule has 0 spiro atoms. The first-order chi connectivity index (χ1) is 9.20. The Hall–Kier alpha value is -2.17. The van der Waals surface area contributed by atoms with Gasteiger partial charge in [0, 0.05) is 19.2 Å². The SMILES string of the molecule is COc1cccnc1C(=O)NCC1=CC=C(F)CC1. The molecule has 5 heteroatoms. The molecule has 1 heterocycles. The molecule has 0 bridgehead atoms. The van der Waals surface area contributed by atoms with Gasteiger partial charge in [0.25, 0.3) is 5.91 Å². The van der Waals surface area contributed by atoms with Crippen molar-refractivity contribution >= 4 is 5.91 Å². The Labute approximate surface area is 111 Å². The minimum absolute atomic E-state index is 0.124. The Bertz CT molecular complexity index is 538. The standard InChI is InChI=1S/C14H15FN2O2/c1-19-12-3-2-8-16-13(12)14(18)17-9-10-4-6-11(15)7-5-10/h2-4,6,8H,5,7,9H2,1H3,(H,17,18). The molecule has 0 saturated carbocycles. The second-order valence-electron chi connectivity index (χ2n) is 4.18. The van der Waals surface area contributed by atoms with Crippen molar-refractivity contribution in [2.45, 2.75) is 12.8 Å². The van der Waals surface area contributed by atoms with Crippen molar-refractivity contribution < 1.29 is 13.9 Å². The lowest BCUT2D eigenvalue weighted by atomic mass is 10.0. The minimum atomic E-state index is -0.298. The van der Waals surface area contributed by atoms with Crippen LogP contribution in [0.5, 0.6) is 5.75 Å². The van der Waals surface area contributed by atoms with E-state index in [4.69, 9.17) is 4.74 Å². The van der Waals surface area contributed by atoms with Crippen LogP contribution >= 0.6 is 0 Å². The van der Waals surface area contributed by atoms with Gasteiger partial charge in [-0.1, -0.05) is 11.6 Å². The number of aromatic nitrogens is 1. The van der Waals surface area contributed by atoms with Crippen LogP contribution in [0.1, 0.15) is 23.3 Å². The molecule has 4 nitrogen and oxygen atoms in total. The van der Waals surface area contributed by atoms with Gasteiger partial charge >= 0.3 is 0 Å². The zero-order valence-electron chi connectivity index (χ0n) is 10.6. The summed E-state index contributed by atoms with van der Waals surface area (Å²) in [6.45, 7) is 0.391. The van der Waals surface area contributed by atoms with Crippen LogP contribution < -0.4 is 10.1 Å². The molecule has 0 unspecified atom stereocenters. The molecule has 1 aliphatic rings. The maximum atomic E-state index is 12.8. The summed E-state index contributed by atoms with van der Waals surface area (Å²) in [5.41, 5.74) is 1.24. The van der Waals surface area contributed by atoms with Crippen LogP contribution in [-0.4, -0.2) is 24.5 Å². The molecule has 2 rings (SSSR count). The summed E-state index contributed by atoms with van der Waals surface area (Å²) in [5.74, 6) is 0.0124. The number of rotatable bonds is 4. The molecule has 0 radical (unpaired) electrons. The number of nitrogens with zero attached hydrogens (tertiary/aromatic N) is 1. The van der Waals surface area contributed by atoms with E-state index in [0.717, 1.165) is 5.57 Å². The van der Waals surface area contributed by atoms with Crippen LogP contribution in [0.3, 0.4) is 0 Å².